The Balaban J connectivity index is 3.25. The molecule has 0 bridgehead atoms. The average molecular weight is 248 g/mol. The summed E-state index contributed by atoms with van der Waals surface area (Å²) in [6.45, 7) is 1.71. The molecule has 0 saturated heterocycles. The number of nitro benzene ring substituents is 1. The monoisotopic (exact) mass is 247 g/mol. The number of ether oxygens (including phenoxy) is 1. The van der Waals surface area contributed by atoms with Crippen molar-refractivity contribution in [3.8, 4) is 5.75 Å². The predicted octanol–water partition coefficient (Wildman–Crippen LogP) is 2.91. The Morgan fingerprint density at radius 2 is 2.25 bits per heavy atom. The summed E-state index contributed by atoms with van der Waals surface area (Å²) in [5.74, 6) is -0.766. The van der Waals surface area contributed by atoms with Crippen LogP contribution in [0.1, 0.15) is 12.5 Å². The van der Waals surface area contributed by atoms with Crippen molar-refractivity contribution in [3.05, 3.63) is 33.6 Å². The minimum absolute atomic E-state index is 0.0158. The quantitative estimate of drug-likeness (QED) is 0.467. The maximum Gasteiger partial charge on any atom is 0.275 e. The number of rotatable bonds is 4. The SMILES string of the molecule is COc1cc(CC(C)Cl)c([N+](=O)[O-])cc1F. The van der Waals surface area contributed by atoms with Crippen LogP contribution in [-0.4, -0.2) is 17.4 Å². The van der Waals surface area contributed by atoms with Gasteiger partial charge in [0.25, 0.3) is 5.69 Å². The van der Waals surface area contributed by atoms with Crippen molar-refractivity contribution in [3.63, 3.8) is 0 Å². The molecule has 0 N–H and O–H groups in total. The van der Waals surface area contributed by atoms with Crippen LogP contribution < -0.4 is 4.74 Å². The van der Waals surface area contributed by atoms with Gasteiger partial charge in [0, 0.05) is 10.9 Å². The second kappa shape index (κ2) is 5.12. The molecule has 1 atom stereocenters. The largest absolute Gasteiger partial charge is 0.494 e. The molecule has 1 unspecified atom stereocenters. The van der Waals surface area contributed by atoms with Gasteiger partial charge in [0.15, 0.2) is 11.6 Å². The number of alkyl halides is 1. The molecule has 0 radical (unpaired) electrons. The maximum absolute atomic E-state index is 13.3. The van der Waals surface area contributed by atoms with Crippen molar-refractivity contribution in [2.24, 2.45) is 0 Å². The van der Waals surface area contributed by atoms with Crippen LogP contribution in [0.2, 0.25) is 0 Å². The second-order valence-corrected chi connectivity index (χ2v) is 4.10. The van der Waals surface area contributed by atoms with E-state index in [0.29, 0.717) is 5.56 Å². The zero-order valence-electron chi connectivity index (χ0n) is 8.87. The average Bonchev–Trinajstić information content (AvgIpc) is 2.19. The van der Waals surface area contributed by atoms with E-state index in [2.05, 4.69) is 0 Å². The molecule has 88 valence electrons. The van der Waals surface area contributed by atoms with E-state index in [4.69, 9.17) is 16.3 Å². The molecule has 0 amide bonds. The van der Waals surface area contributed by atoms with Gasteiger partial charge < -0.3 is 4.74 Å². The summed E-state index contributed by atoms with van der Waals surface area (Å²) in [6.07, 6.45) is 0.286. The van der Waals surface area contributed by atoms with E-state index < -0.39 is 10.7 Å². The first-order chi connectivity index (χ1) is 7.45. The Kier molecular flexibility index (Phi) is 4.06. The molecule has 6 heteroatoms. The lowest BCUT2D eigenvalue weighted by Crippen LogP contribution is -2.03. The molecular formula is C10H11ClFNO3. The summed E-state index contributed by atoms with van der Waals surface area (Å²) >= 11 is 5.77. The molecule has 4 nitrogen and oxygen atoms in total. The van der Waals surface area contributed by atoms with Crippen molar-refractivity contribution in [2.75, 3.05) is 7.11 Å². The third kappa shape index (κ3) is 2.82. The van der Waals surface area contributed by atoms with Gasteiger partial charge in [-0.2, -0.15) is 0 Å². The molecule has 0 fully saturated rings. The first-order valence-electron chi connectivity index (χ1n) is 4.60. The number of nitro groups is 1. The van der Waals surface area contributed by atoms with E-state index in [1.54, 1.807) is 6.92 Å². The highest BCUT2D eigenvalue weighted by molar-refractivity contribution is 6.20. The lowest BCUT2D eigenvalue weighted by Gasteiger charge is -2.08. The zero-order chi connectivity index (χ0) is 12.3. The summed E-state index contributed by atoms with van der Waals surface area (Å²) in [7, 11) is 1.30. The van der Waals surface area contributed by atoms with E-state index in [1.807, 2.05) is 0 Å². The lowest BCUT2D eigenvalue weighted by atomic mass is 10.1. The molecule has 0 aliphatic carbocycles. The van der Waals surface area contributed by atoms with Crippen molar-refractivity contribution in [1.29, 1.82) is 0 Å². The molecule has 0 aliphatic rings. The van der Waals surface area contributed by atoms with E-state index >= 15 is 0 Å². The molecule has 16 heavy (non-hydrogen) atoms. The molecule has 1 aromatic carbocycles. The van der Waals surface area contributed by atoms with Gasteiger partial charge in [-0.1, -0.05) is 0 Å². The fraction of sp³-hybridized carbons (Fsp3) is 0.400. The van der Waals surface area contributed by atoms with E-state index in [9.17, 15) is 14.5 Å². The Morgan fingerprint density at radius 1 is 1.62 bits per heavy atom. The van der Waals surface area contributed by atoms with Gasteiger partial charge in [-0.3, -0.25) is 10.1 Å². The fourth-order valence-electron chi connectivity index (χ4n) is 1.38. The van der Waals surface area contributed by atoms with Crippen molar-refractivity contribution in [1.82, 2.24) is 0 Å². The minimum Gasteiger partial charge on any atom is -0.494 e. The normalized spacial score (nSPS) is 12.2. The van der Waals surface area contributed by atoms with Crippen molar-refractivity contribution >= 4 is 17.3 Å². The predicted molar refractivity (Wildman–Crippen MR) is 58.6 cm³/mol. The van der Waals surface area contributed by atoms with Crippen LogP contribution in [0.4, 0.5) is 10.1 Å². The molecule has 0 heterocycles. The van der Waals surface area contributed by atoms with Crippen molar-refractivity contribution < 1.29 is 14.1 Å². The van der Waals surface area contributed by atoms with Gasteiger partial charge in [0.1, 0.15) is 0 Å². The van der Waals surface area contributed by atoms with Crippen LogP contribution in [0, 0.1) is 15.9 Å². The van der Waals surface area contributed by atoms with Gasteiger partial charge in [0.05, 0.1) is 18.1 Å². The molecule has 0 aromatic heterocycles. The third-order valence-corrected chi connectivity index (χ3v) is 2.21. The number of hydrogen-bond donors (Lipinski definition) is 0. The van der Waals surface area contributed by atoms with Crippen LogP contribution in [0.5, 0.6) is 5.75 Å². The van der Waals surface area contributed by atoms with Crippen molar-refractivity contribution in [2.45, 2.75) is 18.7 Å². The number of methoxy groups -OCH3 is 1. The van der Waals surface area contributed by atoms with Gasteiger partial charge in [-0.15, -0.1) is 11.6 Å². The third-order valence-electron chi connectivity index (χ3n) is 2.05. The summed E-state index contributed by atoms with van der Waals surface area (Å²) in [6, 6.07) is 2.17. The highest BCUT2D eigenvalue weighted by Crippen LogP contribution is 2.29. The van der Waals surface area contributed by atoms with Crippen LogP contribution in [0.15, 0.2) is 12.1 Å². The number of benzene rings is 1. The summed E-state index contributed by atoms with van der Waals surface area (Å²) < 4.78 is 18.0. The summed E-state index contributed by atoms with van der Waals surface area (Å²) in [4.78, 5) is 10.1. The molecular weight excluding hydrogens is 237 g/mol. The Hall–Kier alpha value is -1.36. The highest BCUT2D eigenvalue weighted by Gasteiger charge is 2.19. The Bertz CT molecular complexity index is 409. The van der Waals surface area contributed by atoms with Crippen LogP contribution >= 0.6 is 11.6 Å². The number of hydrogen-bond acceptors (Lipinski definition) is 3. The van der Waals surface area contributed by atoms with Gasteiger partial charge in [-0.25, -0.2) is 4.39 Å². The zero-order valence-corrected chi connectivity index (χ0v) is 9.62. The smallest absolute Gasteiger partial charge is 0.275 e. The van der Waals surface area contributed by atoms with Crippen LogP contribution in [0.3, 0.4) is 0 Å². The highest BCUT2D eigenvalue weighted by atomic mass is 35.5. The molecule has 0 spiro atoms. The van der Waals surface area contributed by atoms with Crippen LogP contribution in [0.25, 0.3) is 0 Å². The molecule has 1 rings (SSSR count). The van der Waals surface area contributed by atoms with Crippen LogP contribution in [-0.2, 0) is 6.42 Å². The van der Waals surface area contributed by atoms with Gasteiger partial charge >= 0.3 is 0 Å². The van der Waals surface area contributed by atoms with E-state index in [0.717, 1.165) is 6.07 Å². The van der Waals surface area contributed by atoms with Gasteiger partial charge in [0.2, 0.25) is 0 Å². The standard InChI is InChI=1S/C10H11ClFNO3/c1-6(11)3-7-4-10(16-2)8(12)5-9(7)13(14)15/h4-6H,3H2,1-2H3. The minimum atomic E-state index is -0.750. The first-order valence-corrected chi connectivity index (χ1v) is 5.04. The lowest BCUT2D eigenvalue weighted by molar-refractivity contribution is -0.385. The first kappa shape index (κ1) is 12.7. The maximum atomic E-state index is 13.3. The fourth-order valence-corrected chi connectivity index (χ4v) is 1.54. The topological polar surface area (TPSA) is 52.4 Å². The van der Waals surface area contributed by atoms with E-state index in [-0.39, 0.29) is 23.2 Å². The Labute approximate surface area is 97.1 Å². The number of halogens is 2. The summed E-state index contributed by atoms with van der Waals surface area (Å²) in [5.41, 5.74) is 0.0940. The molecule has 1 aromatic rings. The molecule has 0 saturated carbocycles. The Morgan fingerprint density at radius 3 is 2.69 bits per heavy atom. The summed E-state index contributed by atoms with van der Waals surface area (Å²) in [5, 5.41) is 10.4. The van der Waals surface area contributed by atoms with Gasteiger partial charge in [-0.05, 0) is 19.4 Å². The molecule has 0 aliphatic heterocycles. The number of nitrogens with zero attached hydrogens (tertiary/aromatic N) is 1. The van der Waals surface area contributed by atoms with E-state index in [1.165, 1.54) is 13.2 Å². The second-order valence-electron chi connectivity index (χ2n) is 3.36.